The van der Waals surface area contributed by atoms with Crippen LogP contribution < -0.4 is 5.73 Å². The van der Waals surface area contributed by atoms with Gasteiger partial charge in [-0.1, -0.05) is 29.8 Å². The van der Waals surface area contributed by atoms with Crippen LogP contribution in [0.3, 0.4) is 0 Å². The van der Waals surface area contributed by atoms with Crippen LogP contribution in [-0.2, 0) is 9.53 Å². The van der Waals surface area contributed by atoms with Gasteiger partial charge >= 0.3 is 0 Å². The molecule has 0 saturated carbocycles. The second-order valence-electron chi connectivity index (χ2n) is 6.26. The molecule has 2 aliphatic rings. The van der Waals surface area contributed by atoms with Crippen molar-refractivity contribution in [2.45, 2.75) is 25.4 Å². The van der Waals surface area contributed by atoms with Gasteiger partial charge in [-0.2, -0.15) is 0 Å². The zero-order valence-electron chi connectivity index (χ0n) is 13.2. The molecule has 120 valence electrons. The first-order valence-electron chi connectivity index (χ1n) is 8.08. The molecule has 2 saturated heterocycles. The van der Waals surface area contributed by atoms with Crippen molar-refractivity contribution < 1.29 is 9.53 Å². The quantitative estimate of drug-likeness (QED) is 0.902. The average Bonchev–Trinajstić information content (AvgIpc) is 3.05. The lowest BCUT2D eigenvalue weighted by molar-refractivity contribution is -0.131. The van der Waals surface area contributed by atoms with Gasteiger partial charge in [-0.05, 0) is 18.9 Å². The number of amides is 1. The fourth-order valence-corrected chi connectivity index (χ4v) is 3.30. The second kappa shape index (κ2) is 6.77. The molecule has 1 aromatic rings. The molecule has 2 fully saturated rings. The van der Waals surface area contributed by atoms with Crippen LogP contribution in [-0.4, -0.2) is 61.1 Å². The molecule has 2 unspecified atom stereocenters. The molecule has 0 aromatic heterocycles. The Hall–Kier alpha value is -1.43. The standard InChI is InChI=1S/C17H25N3O2/c1-13-2-4-14(5-3-13)16(18)17(21)20-7-6-15(12-20)19-8-10-22-11-9-19/h2-5,15-16H,6-12,18H2,1H3. The number of hydrogen-bond acceptors (Lipinski definition) is 4. The number of hydrogen-bond donors (Lipinski definition) is 1. The van der Waals surface area contributed by atoms with Crippen molar-refractivity contribution in [2.24, 2.45) is 5.73 Å². The van der Waals surface area contributed by atoms with E-state index in [0.717, 1.165) is 51.4 Å². The highest BCUT2D eigenvalue weighted by atomic mass is 16.5. The SMILES string of the molecule is Cc1ccc(C(N)C(=O)N2CCC(N3CCOCC3)C2)cc1. The zero-order chi connectivity index (χ0) is 15.5. The molecule has 0 aliphatic carbocycles. The first-order valence-corrected chi connectivity index (χ1v) is 8.08. The van der Waals surface area contributed by atoms with Crippen molar-refractivity contribution >= 4 is 5.91 Å². The average molecular weight is 303 g/mol. The Balaban J connectivity index is 1.59. The normalized spacial score (nSPS) is 24.5. The largest absolute Gasteiger partial charge is 0.379 e. The summed E-state index contributed by atoms with van der Waals surface area (Å²) in [6.07, 6.45) is 1.03. The summed E-state index contributed by atoms with van der Waals surface area (Å²) in [5, 5.41) is 0. The summed E-state index contributed by atoms with van der Waals surface area (Å²) in [4.78, 5) is 17.0. The highest BCUT2D eigenvalue weighted by Crippen LogP contribution is 2.21. The van der Waals surface area contributed by atoms with Gasteiger partial charge < -0.3 is 15.4 Å². The minimum absolute atomic E-state index is 0.0413. The number of likely N-dealkylation sites (tertiary alicyclic amines) is 1. The van der Waals surface area contributed by atoms with Crippen LogP contribution in [0.1, 0.15) is 23.6 Å². The number of ether oxygens (including phenoxy) is 1. The van der Waals surface area contributed by atoms with Gasteiger partial charge in [0.15, 0.2) is 0 Å². The second-order valence-corrected chi connectivity index (χ2v) is 6.26. The Morgan fingerprint density at radius 1 is 1.23 bits per heavy atom. The number of rotatable bonds is 3. The lowest BCUT2D eigenvalue weighted by atomic mass is 10.0. The van der Waals surface area contributed by atoms with Gasteiger partial charge in [-0.15, -0.1) is 0 Å². The van der Waals surface area contributed by atoms with E-state index in [4.69, 9.17) is 10.5 Å². The van der Waals surface area contributed by atoms with E-state index in [9.17, 15) is 4.79 Å². The molecule has 0 bridgehead atoms. The number of carbonyl (C=O) groups is 1. The van der Waals surface area contributed by atoms with Crippen LogP contribution in [0.15, 0.2) is 24.3 Å². The van der Waals surface area contributed by atoms with Gasteiger partial charge in [0.05, 0.1) is 13.2 Å². The third-order valence-electron chi connectivity index (χ3n) is 4.74. The van der Waals surface area contributed by atoms with Crippen molar-refractivity contribution in [2.75, 3.05) is 39.4 Å². The fourth-order valence-electron chi connectivity index (χ4n) is 3.30. The van der Waals surface area contributed by atoms with Crippen LogP contribution in [0.25, 0.3) is 0 Å². The van der Waals surface area contributed by atoms with E-state index < -0.39 is 6.04 Å². The van der Waals surface area contributed by atoms with Crippen LogP contribution in [0.4, 0.5) is 0 Å². The van der Waals surface area contributed by atoms with E-state index in [1.165, 1.54) is 5.56 Å². The molecule has 5 heteroatoms. The van der Waals surface area contributed by atoms with Crippen molar-refractivity contribution in [3.8, 4) is 0 Å². The van der Waals surface area contributed by atoms with Crippen LogP contribution in [0, 0.1) is 6.92 Å². The summed E-state index contributed by atoms with van der Waals surface area (Å²) in [7, 11) is 0. The number of benzene rings is 1. The van der Waals surface area contributed by atoms with Crippen molar-refractivity contribution in [1.29, 1.82) is 0 Å². The Kier molecular flexibility index (Phi) is 4.76. The summed E-state index contributed by atoms with van der Waals surface area (Å²) < 4.78 is 5.40. The minimum Gasteiger partial charge on any atom is -0.379 e. The Bertz CT molecular complexity index is 511. The molecule has 2 heterocycles. The van der Waals surface area contributed by atoms with E-state index in [0.29, 0.717) is 6.04 Å². The number of morpholine rings is 1. The molecule has 5 nitrogen and oxygen atoms in total. The van der Waals surface area contributed by atoms with E-state index in [1.807, 2.05) is 36.1 Å². The predicted molar refractivity (Wildman–Crippen MR) is 85.5 cm³/mol. The highest BCUT2D eigenvalue weighted by Gasteiger charge is 2.33. The third-order valence-corrected chi connectivity index (χ3v) is 4.74. The monoisotopic (exact) mass is 303 g/mol. The topological polar surface area (TPSA) is 58.8 Å². The Morgan fingerprint density at radius 2 is 1.91 bits per heavy atom. The van der Waals surface area contributed by atoms with Crippen LogP contribution in [0.2, 0.25) is 0 Å². The molecule has 2 aliphatic heterocycles. The van der Waals surface area contributed by atoms with Gasteiger partial charge in [0, 0.05) is 32.2 Å². The Morgan fingerprint density at radius 3 is 2.59 bits per heavy atom. The van der Waals surface area contributed by atoms with E-state index in [1.54, 1.807) is 0 Å². The molecule has 1 amide bonds. The van der Waals surface area contributed by atoms with Crippen LogP contribution >= 0.6 is 0 Å². The number of nitrogens with two attached hydrogens (primary N) is 1. The lowest BCUT2D eigenvalue weighted by Gasteiger charge is -2.32. The molecule has 22 heavy (non-hydrogen) atoms. The number of nitrogens with zero attached hydrogens (tertiary/aromatic N) is 2. The van der Waals surface area contributed by atoms with Gasteiger partial charge in [-0.25, -0.2) is 0 Å². The first-order chi connectivity index (χ1) is 10.6. The third kappa shape index (κ3) is 3.32. The maximum Gasteiger partial charge on any atom is 0.244 e. The molecular weight excluding hydrogens is 278 g/mol. The molecular formula is C17H25N3O2. The summed E-state index contributed by atoms with van der Waals surface area (Å²) in [6.45, 7) is 7.16. The fraction of sp³-hybridized carbons (Fsp3) is 0.588. The van der Waals surface area contributed by atoms with Crippen molar-refractivity contribution in [3.63, 3.8) is 0 Å². The maximum atomic E-state index is 12.6. The van der Waals surface area contributed by atoms with Crippen LogP contribution in [0.5, 0.6) is 0 Å². The van der Waals surface area contributed by atoms with Gasteiger partial charge in [-0.3, -0.25) is 9.69 Å². The van der Waals surface area contributed by atoms with Gasteiger partial charge in [0.2, 0.25) is 5.91 Å². The molecule has 3 rings (SSSR count). The molecule has 2 N–H and O–H groups in total. The van der Waals surface area contributed by atoms with E-state index in [-0.39, 0.29) is 5.91 Å². The number of carbonyl (C=O) groups excluding carboxylic acids is 1. The van der Waals surface area contributed by atoms with Gasteiger partial charge in [0.25, 0.3) is 0 Å². The first kappa shape index (κ1) is 15.5. The number of aryl methyl sites for hydroxylation is 1. The predicted octanol–water partition coefficient (Wildman–Crippen LogP) is 0.928. The summed E-state index contributed by atoms with van der Waals surface area (Å²) in [5.41, 5.74) is 8.24. The lowest BCUT2D eigenvalue weighted by Crippen LogP contribution is -2.46. The smallest absolute Gasteiger partial charge is 0.244 e. The van der Waals surface area contributed by atoms with Crippen molar-refractivity contribution in [3.05, 3.63) is 35.4 Å². The summed E-state index contributed by atoms with van der Waals surface area (Å²) in [6, 6.07) is 7.81. The van der Waals surface area contributed by atoms with Crippen molar-refractivity contribution in [1.82, 2.24) is 9.80 Å². The molecule has 0 radical (unpaired) electrons. The zero-order valence-corrected chi connectivity index (χ0v) is 13.2. The highest BCUT2D eigenvalue weighted by molar-refractivity contribution is 5.83. The molecule has 1 aromatic carbocycles. The minimum atomic E-state index is -0.552. The summed E-state index contributed by atoms with van der Waals surface area (Å²) >= 11 is 0. The van der Waals surface area contributed by atoms with E-state index >= 15 is 0 Å². The maximum absolute atomic E-state index is 12.6. The molecule has 2 atom stereocenters. The Labute approximate surface area is 132 Å². The van der Waals surface area contributed by atoms with E-state index in [2.05, 4.69) is 4.90 Å². The summed E-state index contributed by atoms with van der Waals surface area (Å²) in [5.74, 6) is 0.0413. The van der Waals surface area contributed by atoms with Gasteiger partial charge in [0.1, 0.15) is 6.04 Å². The molecule has 0 spiro atoms.